The van der Waals surface area contributed by atoms with Gasteiger partial charge in [0.15, 0.2) is 0 Å². The van der Waals surface area contributed by atoms with E-state index in [1.54, 1.807) is 6.92 Å². The quantitative estimate of drug-likeness (QED) is 0.702. The standard InChI is InChI=1S/C12H13NO2/c1-2-15-12(14)11(9-13)8-10-6-4-3-5-7-10/h3-7,11H,2,8H2,1H3/t11-/m0/s1. The van der Waals surface area contributed by atoms with E-state index in [4.69, 9.17) is 10.00 Å². The molecule has 0 radical (unpaired) electrons. The third kappa shape index (κ3) is 3.43. The van der Waals surface area contributed by atoms with Crippen molar-refractivity contribution in [1.82, 2.24) is 0 Å². The molecular formula is C12H13NO2. The van der Waals surface area contributed by atoms with Crippen LogP contribution in [0.1, 0.15) is 12.5 Å². The first-order valence-corrected chi connectivity index (χ1v) is 4.88. The van der Waals surface area contributed by atoms with E-state index in [1.807, 2.05) is 36.4 Å². The molecule has 1 atom stereocenters. The van der Waals surface area contributed by atoms with Crippen molar-refractivity contribution < 1.29 is 9.53 Å². The average Bonchev–Trinajstić information content (AvgIpc) is 2.27. The molecule has 0 aliphatic rings. The van der Waals surface area contributed by atoms with E-state index in [9.17, 15) is 4.79 Å². The second-order valence-electron chi connectivity index (χ2n) is 3.12. The largest absolute Gasteiger partial charge is 0.465 e. The predicted octanol–water partition coefficient (Wildman–Crippen LogP) is 1.93. The monoisotopic (exact) mass is 203 g/mol. The van der Waals surface area contributed by atoms with Crippen LogP contribution in [0.5, 0.6) is 0 Å². The minimum Gasteiger partial charge on any atom is -0.465 e. The Morgan fingerprint density at radius 1 is 1.47 bits per heavy atom. The molecule has 1 aromatic carbocycles. The number of nitriles is 1. The number of rotatable bonds is 4. The van der Waals surface area contributed by atoms with Crippen LogP contribution < -0.4 is 0 Å². The molecule has 15 heavy (non-hydrogen) atoms. The molecule has 1 rings (SSSR count). The van der Waals surface area contributed by atoms with E-state index >= 15 is 0 Å². The van der Waals surface area contributed by atoms with Crippen LogP contribution in [0.15, 0.2) is 30.3 Å². The summed E-state index contributed by atoms with van der Waals surface area (Å²) in [6, 6.07) is 11.4. The Bertz CT molecular complexity index is 354. The smallest absolute Gasteiger partial charge is 0.323 e. The SMILES string of the molecule is CCOC(=O)[C@H](C#N)Cc1ccccc1. The summed E-state index contributed by atoms with van der Waals surface area (Å²) < 4.78 is 4.81. The molecule has 0 N–H and O–H groups in total. The maximum absolute atomic E-state index is 11.3. The zero-order valence-electron chi connectivity index (χ0n) is 8.64. The predicted molar refractivity (Wildman–Crippen MR) is 55.9 cm³/mol. The molecule has 0 spiro atoms. The number of hydrogen-bond donors (Lipinski definition) is 0. The summed E-state index contributed by atoms with van der Waals surface area (Å²) in [4.78, 5) is 11.3. The van der Waals surface area contributed by atoms with Crippen molar-refractivity contribution >= 4 is 5.97 Å². The highest BCUT2D eigenvalue weighted by atomic mass is 16.5. The van der Waals surface area contributed by atoms with Gasteiger partial charge in [-0.15, -0.1) is 0 Å². The zero-order valence-corrected chi connectivity index (χ0v) is 8.64. The van der Waals surface area contributed by atoms with E-state index in [2.05, 4.69) is 0 Å². The Labute approximate surface area is 89.3 Å². The number of nitrogens with zero attached hydrogens (tertiary/aromatic N) is 1. The molecule has 0 unspecified atom stereocenters. The minimum atomic E-state index is -0.702. The van der Waals surface area contributed by atoms with Crippen LogP contribution in [0.3, 0.4) is 0 Å². The molecule has 0 aliphatic heterocycles. The molecule has 0 amide bonds. The Morgan fingerprint density at radius 3 is 2.67 bits per heavy atom. The Kier molecular flexibility index (Phi) is 4.36. The summed E-state index contributed by atoms with van der Waals surface area (Å²) in [5.74, 6) is -1.14. The van der Waals surface area contributed by atoms with Gasteiger partial charge in [0, 0.05) is 0 Å². The van der Waals surface area contributed by atoms with Gasteiger partial charge in [-0.3, -0.25) is 4.79 Å². The van der Waals surface area contributed by atoms with Crippen molar-refractivity contribution in [2.24, 2.45) is 5.92 Å². The zero-order chi connectivity index (χ0) is 11.1. The van der Waals surface area contributed by atoms with Crippen molar-refractivity contribution in [3.05, 3.63) is 35.9 Å². The summed E-state index contributed by atoms with van der Waals surface area (Å²) in [5, 5.41) is 8.83. The van der Waals surface area contributed by atoms with Crippen LogP contribution in [-0.2, 0) is 16.0 Å². The molecule has 0 aromatic heterocycles. The minimum absolute atomic E-state index is 0.311. The van der Waals surface area contributed by atoms with Gasteiger partial charge < -0.3 is 4.74 Å². The maximum atomic E-state index is 11.3. The van der Waals surface area contributed by atoms with Crippen LogP contribution in [0, 0.1) is 17.2 Å². The summed E-state index contributed by atoms with van der Waals surface area (Å²) in [5.41, 5.74) is 0.970. The fourth-order valence-corrected chi connectivity index (χ4v) is 1.27. The molecule has 0 bridgehead atoms. The van der Waals surface area contributed by atoms with E-state index in [0.29, 0.717) is 13.0 Å². The summed E-state index contributed by atoms with van der Waals surface area (Å²) >= 11 is 0. The van der Waals surface area contributed by atoms with Gasteiger partial charge in [0.2, 0.25) is 0 Å². The molecule has 0 saturated carbocycles. The van der Waals surface area contributed by atoms with Crippen LogP contribution >= 0.6 is 0 Å². The second kappa shape index (κ2) is 5.82. The van der Waals surface area contributed by atoms with Gasteiger partial charge in [-0.25, -0.2) is 0 Å². The summed E-state index contributed by atoms with van der Waals surface area (Å²) in [6.07, 6.45) is 0.413. The highest BCUT2D eigenvalue weighted by molar-refractivity contribution is 5.75. The van der Waals surface area contributed by atoms with Gasteiger partial charge in [0.25, 0.3) is 0 Å². The van der Waals surface area contributed by atoms with Crippen molar-refractivity contribution in [2.45, 2.75) is 13.3 Å². The van der Waals surface area contributed by atoms with Gasteiger partial charge >= 0.3 is 5.97 Å². The number of ether oxygens (including phenoxy) is 1. The van der Waals surface area contributed by atoms with Gasteiger partial charge in [-0.1, -0.05) is 30.3 Å². The molecule has 0 saturated heterocycles. The van der Waals surface area contributed by atoms with Crippen LogP contribution in [-0.4, -0.2) is 12.6 Å². The lowest BCUT2D eigenvalue weighted by molar-refractivity contribution is -0.145. The van der Waals surface area contributed by atoms with Gasteiger partial charge in [0.05, 0.1) is 12.7 Å². The fourth-order valence-electron chi connectivity index (χ4n) is 1.27. The average molecular weight is 203 g/mol. The number of carbonyl (C=O) groups excluding carboxylic acids is 1. The lowest BCUT2D eigenvalue weighted by Gasteiger charge is -2.07. The number of esters is 1. The molecule has 0 heterocycles. The summed E-state index contributed by atoms with van der Waals surface area (Å²) in [7, 11) is 0. The van der Waals surface area contributed by atoms with Crippen LogP contribution in [0.4, 0.5) is 0 Å². The second-order valence-corrected chi connectivity index (χ2v) is 3.12. The first kappa shape index (κ1) is 11.3. The van der Waals surface area contributed by atoms with Gasteiger partial charge in [-0.05, 0) is 18.9 Å². The highest BCUT2D eigenvalue weighted by Gasteiger charge is 2.19. The van der Waals surface area contributed by atoms with Crippen molar-refractivity contribution in [2.75, 3.05) is 6.61 Å². The van der Waals surface area contributed by atoms with E-state index in [1.165, 1.54) is 0 Å². The van der Waals surface area contributed by atoms with Crippen molar-refractivity contribution in [3.63, 3.8) is 0 Å². The lowest BCUT2D eigenvalue weighted by Crippen LogP contribution is -2.18. The van der Waals surface area contributed by atoms with Crippen molar-refractivity contribution in [3.8, 4) is 6.07 Å². The Morgan fingerprint density at radius 2 is 2.13 bits per heavy atom. The lowest BCUT2D eigenvalue weighted by atomic mass is 10.0. The molecule has 1 aromatic rings. The Balaban J connectivity index is 2.63. The summed E-state index contributed by atoms with van der Waals surface area (Å²) in [6.45, 7) is 2.04. The van der Waals surface area contributed by atoms with E-state index in [0.717, 1.165) is 5.56 Å². The molecule has 3 heteroatoms. The number of benzene rings is 1. The van der Waals surface area contributed by atoms with Gasteiger partial charge in [0.1, 0.15) is 5.92 Å². The van der Waals surface area contributed by atoms with Crippen molar-refractivity contribution in [1.29, 1.82) is 5.26 Å². The molecule has 3 nitrogen and oxygen atoms in total. The topological polar surface area (TPSA) is 50.1 Å². The third-order valence-electron chi connectivity index (χ3n) is 2.01. The van der Waals surface area contributed by atoms with E-state index < -0.39 is 11.9 Å². The molecule has 0 fully saturated rings. The highest BCUT2D eigenvalue weighted by Crippen LogP contribution is 2.09. The first-order valence-electron chi connectivity index (χ1n) is 4.88. The van der Waals surface area contributed by atoms with Gasteiger partial charge in [-0.2, -0.15) is 5.26 Å². The fraction of sp³-hybridized carbons (Fsp3) is 0.333. The number of hydrogen-bond acceptors (Lipinski definition) is 3. The first-order chi connectivity index (χ1) is 7.27. The van der Waals surface area contributed by atoms with E-state index in [-0.39, 0.29) is 0 Å². The Hall–Kier alpha value is -1.82. The normalized spacial score (nSPS) is 11.5. The number of carbonyl (C=O) groups is 1. The van der Waals surface area contributed by atoms with Crippen LogP contribution in [0.2, 0.25) is 0 Å². The molecular weight excluding hydrogens is 190 g/mol. The molecule has 0 aliphatic carbocycles. The van der Waals surface area contributed by atoms with Crippen LogP contribution in [0.25, 0.3) is 0 Å². The maximum Gasteiger partial charge on any atom is 0.323 e. The third-order valence-corrected chi connectivity index (χ3v) is 2.01. The molecule has 78 valence electrons.